The summed E-state index contributed by atoms with van der Waals surface area (Å²) in [6.45, 7) is 4.09. The molecule has 0 atom stereocenters. The lowest BCUT2D eigenvalue weighted by atomic mass is 10.0. The van der Waals surface area contributed by atoms with Crippen molar-refractivity contribution in [1.82, 2.24) is 5.32 Å². The summed E-state index contributed by atoms with van der Waals surface area (Å²) < 4.78 is 11.1. The molecule has 1 aliphatic heterocycles. The van der Waals surface area contributed by atoms with Crippen LogP contribution in [0.25, 0.3) is 10.8 Å². The molecule has 0 spiro atoms. The standard InChI is InChI=1S/C28H32N4O4.2ClH/c1-2-35-27(34)17-26(33)32(23-7-9-24(10-8-23)36-25-11-13-31-14-12-25)18-19-3-4-20-5-6-21(28(29)30)16-22(20)15-19;;/h3-10,15-16,25,31H,2,11-14,17-18H2,1H3,(H3,29,30);2*1H. The molecule has 0 radical (unpaired) electrons. The Hall–Kier alpha value is -3.33. The number of nitrogens with zero attached hydrogens (tertiary/aromatic N) is 1. The summed E-state index contributed by atoms with van der Waals surface area (Å²) in [5, 5.41) is 13.0. The first-order valence-electron chi connectivity index (χ1n) is 12.2. The fourth-order valence-electron chi connectivity index (χ4n) is 4.31. The van der Waals surface area contributed by atoms with Crippen molar-refractivity contribution in [1.29, 1.82) is 5.41 Å². The summed E-state index contributed by atoms with van der Waals surface area (Å²) in [5.74, 6) is -0.146. The number of ether oxygens (including phenoxy) is 2. The van der Waals surface area contributed by atoms with E-state index < -0.39 is 5.97 Å². The highest BCUT2D eigenvalue weighted by atomic mass is 35.5. The number of nitrogens with one attached hydrogen (secondary N) is 2. The van der Waals surface area contributed by atoms with Gasteiger partial charge in [-0.1, -0.05) is 24.3 Å². The average molecular weight is 562 g/mol. The summed E-state index contributed by atoms with van der Waals surface area (Å²) in [4.78, 5) is 26.8. The van der Waals surface area contributed by atoms with Crippen LogP contribution >= 0.6 is 24.8 Å². The number of rotatable bonds is 9. The number of benzene rings is 3. The number of anilines is 1. The Morgan fingerprint density at radius 2 is 1.68 bits per heavy atom. The first-order valence-corrected chi connectivity index (χ1v) is 12.2. The third-order valence-electron chi connectivity index (χ3n) is 6.20. The van der Waals surface area contributed by atoms with Gasteiger partial charge in [-0.15, -0.1) is 24.8 Å². The van der Waals surface area contributed by atoms with Gasteiger partial charge >= 0.3 is 5.97 Å². The predicted octanol–water partition coefficient (Wildman–Crippen LogP) is 4.58. The molecule has 4 rings (SSSR count). The van der Waals surface area contributed by atoms with Crippen molar-refractivity contribution in [3.05, 3.63) is 71.8 Å². The molecule has 8 nitrogen and oxygen atoms in total. The molecule has 0 bridgehead atoms. The van der Waals surface area contributed by atoms with Crippen LogP contribution in [-0.4, -0.2) is 43.5 Å². The SMILES string of the molecule is CCOC(=O)CC(=O)N(Cc1ccc2ccc(C(=N)N)cc2c1)c1ccc(OC2CCNCC2)cc1.Cl.Cl. The molecule has 38 heavy (non-hydrogen) atoms. The van der Waals surface area contributed by atoms with Crippen LogP contribution in [0.2, 0.25) is 0 Å². The van der Waals surface area contributed by atoms with Gasteiger partial charge in [-0.25, -0.2) is 0 Å². The van der Waals surface area contributed by atoms with Crippen LogP contribution in [0.5, 0.6) is 5.75 Å². The number of amides is 1. The number of fused-ring (bicyclic) bond motifs is 1. The topological polar surface area (TPSA) is 118 Å². The van der Waals surface area contributed by atoms with Crippen molar-refractivity contribution in [3.8, 4) is 5.75 Å². The summed E-state index contributed by atoms with van der Waals surface area (Å²) in [5.41, 5.74) is 7.84. The first kappa shape index (κ1) is 30.9. The number of hydrogen-bond acceptors (Lipinski definition) is 6. The van der Waals surface area contributed by atoms with E-state index in [1.165, 1.54) is 0 Å². The van der Waals surface area contributed by atoms with Crippen LogP contribution in [0, 0.1) is 5.41 Å². The second kappa shape index (κ2) is 14.6. The Morgan fingerprint density at radius 1 is 1.00 bits per heavy atom. The Bertz CT molecular complexity index is 1250. The zero-order valence-electron chi connectivity index (χ0n) is 21.3. The summed E-state index contributed by atoms with van der Waals surface area (Å²) in [6.07, 6.45) is 1.75. The van der Waals surface area contributed by atoms with E-state index in [1.807, 2.05) is 60.7 Å². The molecule has 1 fully saturated rings. The highest BCUT2D eigenvalue weighted by molar-refractivity contribution is 6.03. The van der Waals surface area contributed by atoms with Gasteiger partial charge in [0.25, 0.3) is 0 Å². The Labute approximate surface area is 235 Å². The first-order chi connectivity index (χ1) is 17.4. The molecule has 10 heteroatoms. The minimum atomic E-state index is -0.553. The van der Waals surface area contributed by atoms with Crippen molar-refractivity contribution in [2.24, 2.45) is 5.73 Å². The lowest BCUT2D eigenvalue weighted by molar-refractivity contribution is -0.145. The molecular weight excluding hydrogens is 527 g/mol. The Kier molecular flexibility index (Phi) is 11.8. The van der Waals surface area contributed by atoms with Gasteiger partial charge < -0.3 is 25.4 Å². The van der Waals surface area contributed by atoms with Gasteiger partial charge in [-0.05, 0) is 85.6 Å². The molecule has 1 amide bonds. The molecule has 0 aliphatic carbocycles. The van der Waals surface area contributed by atoms with Crippen molar-refractivity contribution in [2.75, 3.05) is 24.6 Å². The van der Waals surface area contributed by atoms with Gasteiger partial charge in [-0.3, -0.25) is 15.0 Å². The van der Waals surface area contributed by atoms with Crippen LogP contribution in [0.4, 0.5) is 5.69 Å². The van der Waals surface area contributed by atoms with Gasteiger partial charge in [0.1, 0.15) is 24.1 Å². The smallest absolute Gasteiger partial charge is 0.315 e. The monoisotopic (exact) mass is 560 g/mol. The molecule has 204 valence electrons. The quantitative estimate of drug-likeness (QED) is 0.152. The zero-order valence-corrected chi connectivity index (χ0v) is 22.9. The van der Waals surface area contributed by atoms with E-state index in [2.05, 4.69) is 5.32 Å². The number of amidine groups is 1. The molecule has 0 unspecified atom stereocenters. The van der Waals surface area contributed by atoms with Crippen LogP contribution in [-0.2, 0) is 20.9 Å². The third kappa shape index (κ3) is 8.08. The second-order valence-corrected chi connectivity index (χ2v) is 8.83. The highest BCUT2D eigenvalue weighted by Crippen LogP contribution is 2.26. The minimum absolute atomic E-state index is 0. The zero-order chi connectivity index (χ0) is 25.5. The number of nitrogen functional groups attached to an aromatic ring is 1. The lowest BCUT2D eigenvalue weighted by Crippen LogP contribution is -2.34. The molecule has 3 aromatic carbocycles. The third-order valence-corrected chi connectivity index (χ3v) is 6.20. The van der Waals surface area contributed by atoms with E-state index in [1.54, 1.807) is 11.8 Å². The van der Waals surface area contributed by atoms with Gasteiger partial charge in [0, 0.05) is 11.3 Å². The molecule has 1 aliphatic rings. The number of nitrogens with two attached hydrogens (primary N) is 1. The fourth-order valence-corrected chi connectivity index (χ4v) is 4.31. The number of carbonyl (C=O) groups is 2. The van der Waals surface area contributed by atoms with E-state index in [0.717, 1.165) is 48.0 Å². The maximum atomic E-state index is 13.2. The van der Waals surface area contributed by atoms with E-state index in [-0.39, 0.29) is 62.2 Å². The van der Waals surface area contributed by atoms with Crippen molar-refractivity contribution < 1.29 is 19.1 Å². The number of halogens is 2. The van der Waals surface area contributed by atoms with E-state index in [0.29, 0.717) is 11.3 Å². The van der Waals surface area contributed by atoms with Gasteiger partial charge in [-0.2, -0.15) is 0 Å². The number of hydrogen-bond donors (Lipinski definition) is 3. The van der Waals surface area contributed by atoms with Crippen molar-refractivity contribution in [3.63, 3.8) is 0 Å². The molecule has 1 heterocycles. The lowest BCUT2D eigenvalue weighted by Gasteiger charge is -2.25. The van der Waals surface area contributed by atoms with E-state index in [9.17, 15) is 9.59 Å². The molecule has 0 saturated carbocycles. The van der Waals surface area contributed by atoms with E-state index in [4.69, 9.17) is 20.6 Å². The molecule has 4 N–H and O–H groups in total. The average Bonchev–Trinajstić information content (AvgIpc) is 2.88. The summed E-state index contributed by atoms with van der Waals surface area (Å²) in [6, 6.07) is 18.9. The molecule has 1 saturated heterocycles. The Morgan fingerprint density at radius 3 is 2.34 bits per heavy atom. The molecular formula is C28H34Cl2N4O4. The van der Waals surface area contributed by atoms with Crippen LogP contribution < -0.4 is 20.7 Å². The summed E-state index contributed by atoms with van der Waals surface area (Å²) >= 11 is 0. The molecule has 3 aromatic rings. The number of esters is 1. The predicted molar refractivity (Wildman–Crippen MR) is 155 cm³/mol. The van der Waals surface area contributed by atoms with Crippen LogP contribution in [0.3, 0.4) is 0 Å². The normalized spacial score (nSPS) is 13.1. The summed E-state index contributed by atoms with van der Waals surface area (Å²) in [7, 11) is 0. The van der Waals surface area contributed by atoms with Crippen molar-refractivity contribution >= 4 is 59.0 Å². The fraction of sp³-hybridized carbons (Fsp3) is 0.321. The second-order valence-electron chi connectivity index (χ2n) is 8.83. The number of carbonyl (C=O) groups excluding carboxylic acids is 2. The van der Waals surface area contributed by atoms with Crippen molar-refractivity contribution in [2.45, 2.75) is 38.8 Å². The maximum absolute atomic E-state index is 13.2. The van der Waals surface area contributed by atoms with Crippen LogP contribution in [0.15, 0.2) is 60.7 Å². The largest absolute Gasteiger partial charge is 0.490 e. The molecule has 0 aromatic heterocycles. The van der Waals surface area contributed by atoms with Gasteiger partial charge in [0.05, 0.1) is 13.2 Å². The Balaban J connectivity index is 0.00000253. The highest BCUT2D eigenvalue weighted by Gasteiger charge is 2.21. The van der Waals surface area contributed by atoms with Gasteiger partial charge in [0.2, 0.25) is 5.91 Å². The van der Waals surface area contributed by atoms with Crippen LogP contribution in [0.1, 0.15) is 37.3 Å². The maximum Gasteiger partial charge on any atom is 0.315 e. The van der Waals surface area contributed by atoms with Gasteiger partial charge in [0.15, 0.2) is 0 Å². The minimum Gasteiger partial charge on any atom is -0.490 e. The van der Waals surface area contributed by atoms with E-state index >= 15 is 0 Å². The number of piperidine rings is 1.